The summed E-state index contributed by atoms with van der Waals surface area (Å²) in [5.74, 6) is -1.57. The third-order valence-corrected chi connectivity index (χ3v) is 6.48. The van der Waals surface area contributed by atoms with Crippen LogP contribution < -0.4 is 10.9 Å². The number of carbonyl (C=O) groups excluding carboxylic acids is 1. The van der Waals surface area contributed by atoms with Crippen LogP contribution in [0.1, 0.15) is 51.9 Å². The van der Waals surface area contributed by atoms with Crippen LogP contribution in [-0.2, 0) is 13.0 Å². The lowest BCUT2D eigenvalue weighted by atomic mass is 10.1. The minimum Gasteiger partial charge on any atom is -0.332 e. The topological polar surface area (TPSA) is 87.8 Å². The highest BCUT2D eigenvalue weighted by Crippen LogP contribution is 2.29. The Morgan fingerprint density at radius 3 is 2.87 bits per heavy atom. The number of fused-ring (bicyclic) bond motifs is 2. The predicted molar refractivity (Wildman–Crippen MR) is 108 cm³/mol. The Kier molecular flexibility index (Phi) is 5.35. The van der Waals surface area contributed by atoms with E-state index in [1.54, 1.807) is 11.5 Å². The fraction of sp³-hybridized carbons (Fsp3) is 0.333. The molecule has 1 aliphatic rings. The van der Waals surface area contributed by atoms with Gasteiger partial charge in [-0.15, -0.1) is 11.3 Å². The van der Waals surface area contributed by atoms with Gasteiger partial charge in [0.25, 0.3) is 11.5 Å². The third-order valence-electron chi connectivity index (χ3n) is 5.30. The van der Waals surface area contributed by atoms with E-state index in [1.165, 1.54) is 0 Å². The molecule has 0 spiro atoms. The molecule has 2 aromatic heterocycles. The van der Waals surface area contributed by atoms with Crippen molar-refractivity contribution in [1.82, 2.24) is 14.9 Å². The van der Waals surface area contributed by atoms with Crippen LogP contribution in [-0.4, -0.2) is 15.5 Å². The lowest BCUT2D eigenvalue weighted by Gasteiger charge is -2.12. The monoisotopic (exact) mass is 428 g/mol. The maximum atomic E-state index is 14.1. The maximum absolute atomic E-state index is 14.1. The van der Waals surface area contributed by atoms with Crippen LogP contribution in [0.5, 0.6) is 0 Å². The maximum Gasteiger partial charge on any atom is 0.263 e. The number of amides is 1. The number of thiophene rings is 1. The highest BCUT2D eigenvalue weighted by atomic mass is 32.1. The number of halogens is 2. The second-order valence-electron chi connectivity index (χ2n) is 7.23. The lowest BCUT2D eigenvalue weighted by molar-refractivity contribution is 0.0948. The lowest BCUT2D eigenvalue weighted by Crippen LogP contribution is -2.28. The normalized spacial score (nSPS) is 14.6. The van der Waals surface area contributed by atoms with Gasteiger partial charge in [-0.3, -0.25) is 14.2 Å². The molecule has 3 heterocycles. The first-order valence-corrected chi connectivity index (χ1v) is 10.4. The third kappa shape index (κ3) is 3.48. The number of nitrogens with zero attached hydrogens (tertiary/aromatic N) is 3. The number of carbonyl (C=O) groups is 1. The second kappa shape index (κ2) is 7.95. The molecule has 1 unspecified atom stereocenters. The van der Waals surface area contributed by atoms with Crippen molar-refractivity contribution in [2.45, 2.75) is 45.2 Å². The quantitative estimate of drug-likeness (QED) is 0.688. The highest BCUT2D eigenvalue weighted by molar-refractivity contribution is 7.20. The zero-order chi connectivity index (χ0) is 21.4. The minimum absolute atomic E-state index is 0.129. The predicted octanol–water partition coefficient (Wildman–Crippen LogP) is 3.77. The van der Waals surface area contributed by atoms with E-state index in [4.69, 9.17) is 0 Å². The number of hydrogen-bond donors (Lipinski definition) is 1. The number of nitrogens with one attached hydrogen (secondary N) is 1. The van der Waals surface area contributed by atoms with Gasteiger partial charge in [0.15, 0.2) is 0 Å². The van der Waals surface area contributed by atoms with Gasteiger partial charge >= 0.3 is 0 Å². The summed E-state index contributed by atoms with van der Waals surface area (Å²) < 4.78 is 28.9. The summed E-state index contributed by atoms with van der Waals surface area (Å²) in [5, 5.41) is 12.3. The largest absolute Gasteiger partial charge is 0.332 e. The minimum atomic E-state index is -1.30. The van der Waals surface area contributed by atoms with E-state index in [0.29, 0.717) is 34.8 Å². The molecule has 9 heteroatoms. The molecule has 0 fully saturated rings. The number of benzene rings is 1. The van der Waals surface area contributed by atoms with Gasteiger partial charge in [-0.25, -0.2) is 13.8 Å². The Bertz CT molecular complexity index is 1260. The Morgan fingerprint density at radius 1 is 1.33 bits per heavy atom. The summed E-state index contributed by atoms with van der Waals surface area (Å²) in [6, 6.07) is 3.34. The summed E-state index contributed by atoms with van der Waals surface area (Å²) in [5.41, 5.74) is 0.197. The highest BCUT2D eigenvalue weighted by Gasteiger charge is 2.25. The standard InChI is InChI=1S/C21H18F2N4O2S/c1-11-17-20(26-16-5-3-2-4-8-27(16)21(17)29)30-18(11)19(28)25-15(10-24)13-7-6-12(22)9-14(13)23/h6-7,9,15H,2-5,8H2,1H3,(H,25,28). The molecule has 3 aromatic rings. The van der Waals surface area contributed by atoms with Gasteiger partial charge in [-0.2, -0.15) is 5.26 Å². The van der Waals surface area contributed by atoms with Gasteiger partial charge in [-0.05, 0) is 31.4 Å². The van der Waals surface area contributed by atoms with Crippen LogP contribution in [0.25, 0.3) is 10.2 Å². The van der Waals surface area contributed by atoms with Crippen molar-refractivity contribution in [3.8, 4) is 6.07 Å². The second-order valence-corrected chi connectivity index (χ2v) is 8.23. The van der Waals surface area contributed by atoms with E-state index < -0.39 is 23.6 Å². The zero-order valence-corrected chi connectivity index (χ0v) is 17.0. The summed E-state index contributed by atoms with van der Waals surface area (Å²) in [6.45, 7) is 2.27. The van der Waals surface area contributed by atoms with Crippen LogP contribution in [0.4, 0.5) is 8.78 Å². The van der Waals surface area contributed by atoms with Gasteiger partial charge in [0.2, 0.25) is 0 Å². The van der Waals surface area contributed by atoms with Crippen LogP contribution in [0, 0.1) is 29.9 Å². The Hall–Kier alpha value is -3.12. The van der Waals surface area contributed by atoms with Crippen LogP contribution in [0.2, 0.25) is 0 Å². The zero-order valence-electron chi connectivity index (χ0n) is 16.2. The molecule has 6 nitrogen and oxygen atoms in total. The molecular weight excluding hydrogens is 410 g/mol. The smallest absolute Gasteiger partial charge is 0.263 e. The first-order valence-electron chi connectivity index (χ1n) is 9.59. The molecule has 1 aliphatic heterocycles. The van der Waals surface area contributed by atoms with Gasteiger partial charge < -0.3 is 5.32 Å². The van der Waals surface area contributed by atoms with Crippen LogP contribution in [0.3, 0.4) is 0 Å². The van der Waals surface area contributed by atoms with E-state index >= 15 is 0 Å². The van der Waals surface area contributed by atoms with Crippen molar-refractivity contribution in [2.75, 3.05) is 0 Å². The molecule has 0 saturated carbocycles. The van der Waals surface area contributed by atoms with Crippen LogP contribution >= 0.6 is 11.3 Å². The average molecular weight is 428 g/mol. The first kappa shape index (κ1) is 20.2. The Morgan fingerprint density at radius 2 is 2.13 bits per heavy atom. The van der Waals surface area contributed by atoms with E-state index in [-0.39, 0.29) is 16.0 Å². The molecule has 1 amide bonds. The van der Waals surface area contributed by atoms with E-state index in [0.717, 1.165) is 48.6 Å². The number of aromatic nitrogens is 2. The molecule has 0 bridgehead atoms. The van der Waals surface area contributed by atoms with E-state index in [9.17, 15) is 23.6 Å². The average Bonchev–Trinajstić information content (AvgIpc) is 2.88. The van der Waals surface area contributed by atoms with Crippen molar-refractivity contribution in [3.63, 3.8) is 0 Å². The van der Waals surface area contributed by atoms with E-state index in [1.807, 2.05) is 6.07 Å². The molecule has 0 aliphatic carbocycles. The Labute approximate surface area is 174 Å². The fourth-order valence-electron chi connectivity index (χ4n) is 3.74. The van der Waals surface area contributed by atoms with Crippen molar-refractivity contribution in [3.05, 3.63) is 62.0 Å². The van der Waals surface area contributed by atoms with Gasteiger partial charge in [0, 0.05) is 24.6 Å². The molecule has 1 aromatic carbocycles. The SMILES string of the molecule is Cc1c(C(=O)NC(C#N)c2ccc(F)cc2F)sc2nc3n(c(=O)c12)CCCCC3. The molecule has 1 atom stereocenters. The number of aryl methyl sites for hydroxylation is 2. The molecule has 0 radical (unpaired) electrons. The molecule has 30 heavy (non-hydrogen) atoms. The van der Waals surface area contributed by atoms with Gasteiger partial charge in [0.1, 0.15) is 28.3 Å². The molecule has 4 rings (SSSR count). The van der Waals surface area contributed by atoms with Crippen molar-refractivity contribution >= 4 is 27.5 Å². The Balaban J connectivity index is 1.71. The van der Waals surface area contributed by atoms with Gasteiger partial charge in [0.05, 0.1) is 16.3 Å². The first-order chi connectivity index (χ1) is 14.4. The summed E-state index contributed by atoms with van der Waals surface area (Å²) in [7, 11) is 0. The number of nitriles is 1. The number of rotatable bonds is 3. The summed E-state index contributed by atoms with van der Waals surface area (Å²) >= 11 is 1.08. The number of hydrogen-bond acceptors (Lipinski definition) is 5. The molecule has 154 valence electrons. The van der Waals surface area contributed by atoms with Gasteiger partial charge in [-0.1, -0.05) is 12.5 Å². The van der Waals surface area contributed by atoms with Crippen molar-refractivity contribution < 1.29 is 13.6 Å². The van der Waals surface area contributed by atoms with E-state index in [2.05, 4.69) is 10.3 Å². The molecule has 1 N–H and O–H groups in total. The van der Waals surface area contributed by atoms with Crippen molar-refractivity contribution in [2.24, 2.45) is 0 Å². The molecular formula is C21H18F2N4O2S. The fourth-order valence-corrected chi connectivity index (χ4v) is 4.83. The summed E-state index contributed by atoms with van der Waals surface area (Å²) in [6.07, 6.45) is 3.62. The summed E-state index contributed by atoms with van der Waals surface area (Å²) in [4.78, 5) is 31.2. The van der Waals surface area contributed by atoms with Crippen LogP contribution in [0.15, 0.2) is 23.0 Å². The molecule has 0 saturated heterocycles. The van der Waals surface area contributed by atoms with Crippen molar-refractivity contribution in [1.29, 1.82) is 5.26 Å².